The summed E-state index contributed by atoms with van der Waals surface area (Å²) in [6.07, 6.45) is 0. The van der Waals surface area contributed by atoms with Crippen LogP contribution in [0.4, 0.5) is 0 Å². The molecule has 0 saturated heterocycles. The number of rotatable bonds is 4. The van der Waals surface area contributed by atoms with Crippen LogP contribution in [0.15, 0.2) is 90.5 Å². The zero-order valence-electron chi connectivity index (χ0n) is 15.3. The molecule has 26 heavy (non-hydrogen) atoms. The van der Waals surface area contributed by atoms with Crippen LogP contribution in [-0.4, -0.2) is 20.6 Å². The van der Waals surface area contributed by atoms with E-state index in [-0.39, 0.29) is 5.92 Å². The quantitative estimate of drug-likeness (QED) is 0.762. The number of ether oxygens (including phenoxy) is 1. The second-order valence-corrected chi connectivity index (χ2v) is 7.09. The van der Waals surface area contributed by atoms with Gasteiger partial charge < -0.3 is 9.64 Å². The fourth-order valence-corrected chi connectivity index (χ4v) is 3.73. The van der Waals surface area contributed by atoms with Gasteiger partial charge in [-0.1, -0.05) is 78.9 Å². The molecule has 130 valence electrons. The smallest absolute Gasteiger partial charge is 0.140 e. The highest BCUT2D eigenvalue weighted by molar-refractivity contribution is 5.72. The lowest BCUT2D eigenvalue weighted by molar-refractivity contribution is -0.853. The van der Waals surface area contributed by atoms with Crippen LogP contribution >= 0.6 is 0 Å². The Hall–Kier alpha value is -2.84. The lowest BCUT2D eigenvalue weighted by Crippen LogP contribution is -3.06. The molecule has 1 aliphatic rings. The number of likely N-dealkylation sites (N-methyl/N-ethyl adjacent to an activating group) is 1. The summed E-state index contributed by atoms with van der Waals surface area (Å²) in [5, 5.41) is 0. The van der Waals surface area contributed by atoms with E-state index >= 15 is 0 Å². The summed E-state index contributed by atoms with van der Waals surface area (Å²) >= 11 is 0. The van der Waals surface area contributed by atoms with E-state index in [9.17, 15) is 0 Å². The maximum Gasteiger partial charge on any atom is 0.140 e. The molecule has 0 unspecified atom stereocenters. The first-order valence-corrected chi connectivity index (χ1v) is 9.13. The van der Waals surface area contributed by atoms with Crippen LogP contribution < -0.4 is 9.64 Å². The zero-order chi connectivity index (χ0) is 17.9. The number of quaternary nitrogens is 1. The minimum atomic E-state index is 0.214. The first-order chi connectivity index (χ1) is 12.7. The van der Waals surface area contributed by atoms with Gasteiger partial charge in [-0.05, 0) is 11.6 Å². The molecule has 0 fully saturated rings. The predicted octanol–water partition coefficient (Wildman–Crippen LogP) is 3.77. The maximum absolute atomic E-state index is 6.45. The van der Waals surface area contributed by atoms with Gasteiger partial charge in [0.15, 0.2) is 0 Å². The molecule has 1 aliphatic heterocycles. The van der Waals surface area contributed by atoms with Gasteiger partial charge in [-0.15, -0.1) is 0 Å². The number of fused-ring (bicyclic) bond motifs is 1. The van der Waals surface area contributed by atoms with Crippen molar-refractivity contribution >= 4 is 5.76 Å². The summed E-state index contributed by atoms with van der Waals surface area (Å²) in [5.74, 6) is 2.17. The van der Waals surface area contributed by atoms with E-state index in [1.807, 2.05) is 12.1 Å². The lowest BCUT2D eigenvalue weighted by atomic mass is 9.81. The second-order valence-electron chi connectivity index (χ2n) is 7.09. The average Bonchev–Trinajstić information content (AvgIpc) is 2.68. The van der Waals surface area contributed by atoms with Gasteiger partial charge in [0.1, 0.15) is 18.1 Å². The fraction of sp³-hybridized carbons (Fsp3) is 0.167. The molecule has 0 aromatic heterocycles. The highest BCUT2D eigenvalue weighted by Crippen LogP contribution is 2.44. The van der Waals surface area contributed by atoms with E-state index in [0.717, 1.165) is 23.6 Å². The van der Waals surface area contributed by atoms with Gasteiger partial charge >= 0.3 is 0 Å². The molecule has 0 aliphatic carbocycles. The van der Waals surface area contributed by atoms with Gasteiger partial charge in [-0.25, -0.2) is 0 Å². The van der Waals surface area contributed by atoms with Crippen molar-refractivity contribution < 1.29 is 9.64 Å². The molecule has 0 spiro atoms. The van der Waals surface area contributed by atoms with Crippen molar-refractivity contribution in [2.75, 3.05) is 20.6 Å². The van der Waals surface area contributed by atoms with Gasteiger partial charge in [0, 0.05) is 22.6 Å². The summed E-state index contributed by atoms with van der Waals surface area (Å²) in [6.45, 7) is 0.929. The van der Waals surface area contributed by atoms with E-state index in [2.05, 4.69) is 86.9 Å². The third-order valence-electron chi connectivity index (χ3n) is 4.80. The van der Waals surface area contributed by atoms with Gasteiger partial charge in [0.05, 0.1) is 14.1 Å². The molecular formula is C24H24NO+. The topological polar surface area (TPSA) is 13.7 Å². The standard InChI is InChI=1S/C24H23NO/c1-25(2)17-21-23(18-11-5-3-6-12-18)20-15-9-10-16-22(20)26-24(21)19-13-7-4-8-14-19/h3-16,23H,17H2,1-2H3/p+1/t23-/m0/s1. The predicted molar refractivity (Wildman–Crippen MR) is 106 cm³/mol. The van der Waals surface area contributed by atoms with Crippen molar-refractivity contribution in [1.82, 2.24) is 0 Å². The molecule has 3 aromatic rings. The summed E-state index contributed by atoms with van der Waals surface area (Å²) in [4.78, 5) is 1.39. The Morgan fingerprint density at radius 1 is 0.769 bits per heavy atom. The number of hydrogen-bond acceptors (Lipinski definition) is 1. The minimum Gasteiger partial charge on any atom is -0.456 e. The first-order valence-electron chi connectivity index (χ1n) is 9.13. The summed E-state index contributed by atoms with van der Waals surface area (Å²) < 4.78 is 6.45. The first kappa shape index (κ1) is 16.6. The highest BCUT2D eigenvalue weighted by atomic mass is 16.5. The van der Waals surface area contributed by atoms with Crippen molar-refractivity contribution in [2.45, 2.75) is 5.92 Å². The van der Waals surface area contributed by atoms with Crippen LogP contribution in [0.3, 0.4) is 0 Å². The molecule has 4 rings (SSSR count). The normalized spacial score (nSPS) is 16.3. The second kappa shape index (κ2) is 7.19. The Morgan fingerprint density at radius 3 is 2.08 bits per heavy atom. The number of benzene rings is 3. The van der Waals surface area contributed by atoms with Crippen LogP contribution in [0.1, 0.15) is 22.6 Å². The molecular weight excluding hydrogens is 318 g/mol. The van der Waals surface area contributed by atoms with Crippen LogP contribution in [0, 0.1) is 0 Å². The van der Waals surface area contributed by atoms with Gasteiger partial charge in [0.25, 0.3) is 0 Å². The summed E-state index contributed by atoms with van der Waals surface area (Å²) in [6, 6.07) is 29.6. The van der Waals surface area contributed by atoms with Crippen LogP contribution in [0.2, 0.25) is 0 Å². The van der Waals surface area contributed by atoms with Crippen LogP contribution in [0.25, 0.3) is 5.76 Å². The number of nitrogens with one attached hydrogen (secondary N) is 1. The fourth-order valence-electron chi connectivity index (χ4n) is 3.73. The van der Waals surface area contributed by atoms with Crippen molar-refractivity contribution in [2.24, 2.45) is 0 Å². The Morgan fingerprint density at radius 2 is 1.38 bits per heavy atom. The summed E-state index contributed by atoms with van der Waals surface area (Å²) in [5.41, 5.74) is 5.03. The van der Waals surface area contributed by atoms with E-state index in [4.69, 9.17) is 4.74 Å². The van der Waals surface area contributed by atoms with Crippen molar-refractivity contribution in [1.29, 1.82) is 0 Å². The van der Waals surface area contributed by atoms with Gasteiger partial charge in [-0.3, -0.25) is 0 Å². The Labute approximate surface area is 155 Å². The van der Waals surface area contributed by atoms with E-state index < -0.39 is 0 Å². The molecule has 3 aromatic carbocycles. The molecule has 0 saturated carbocycles. The van der Waals surface area contributed by atoms with E-state index in [1.54, 1.807) is 0 Å². The SMILES string of the molecule is C[NH+](C)CC1=C(c2ccccc2)Oc2ccccc2[C@@H]1c1ccccc1. The Balaban J connectivity index is 1.95. The lowest BCUT2D eigenvalue weighted by Gasteiger charge is -2.31. The molecule has 0 amide bonds. The molecule has 2 heteroatoms. The third-order valence-corrected chi connectivity index (χ3v) is 4.80. The molecule has 0 bridgehead atoms. The van der Waals surface area contributed by atoms with Gasteiger partial charge in [0.2, 0.25) is 0 Å². The monoisotopic (exact) mass is 342 g/mol. The average molecular weight is 342 g/mol. The Bertz CT molecular complexity index is 913. The molecule has 1 atom stereocenters. The largest absolute Gasteiger partial charge is 0.456 e. The van der Waals surface area contributed by atoms with E-state index in [1.165, 1.54) is 21.6 Å². The highest BCUT2D eigenvalue weighted by Gasteiger charge is 2.32. The number of hydrogen-bond donors (Lipinski definition) is 1. The minimum absolute atomic E-state index is 0.214. The van der Waals surface area contributed by atoms with Crippen molar-refractivity contribution in [3.8, 4) is 5.75 Å². The third kappa shape index (κ3) is 3.16. The number of para-hydroxylation sites is 1. The van der Waals surface area contributed by atoms with E-state index in [0.29, 0.717) is 0 Å². The molecule has 1 heterocycles. The van der Waals surface area contributed by atoms with Crippen LogP contribution in [0.5, 0.6) is 5.75 Å². The van der Waals surface area contributed by atoms with Crippen molar-refractivity contribution in [3.05, 3.63) is 107 Å². The van der Waals surface area contributed by atoms with Crippen LogP contribution in [-0.2, 0) is 0 Å². The Kier molecular flexibility index (Phi) is 4.59. The maximum atomic E-state index is 6.45. The molecule has 1 N–H and O–H groups in total. The zero-order valence-corrected chi connectivity index (χ0v) is 15.3. The van der Waals surface area contributed by atoms with Crippen molar-refractivity contribution in [3.63, 3.8) is 0 Å². The molecule has 0 radical (unpaired) electrons. The van der Waals surface area contributed by atoms with Gasteiger partial charge in [-0.2, -0.15) is 0 Å². The summed E-state index contributed by atoms with van der Waals surface area (Å²) in [7, 11) is 4.39. The molecule has 2 nitrogen and oxygen atoms in total.